The van der Waals surface area contributed by atoms with Crippen LogP contribution in [0.1, 0.15) is 40.9 Å². The second-order valence-corrected chi connectivity index (χ2v) is 12.8. The number of carbonyl (C=O) groups is 2. The number of hydrogen-bond donors (Lipinski definition) is 1. The molecule has 10 heteroatoms. The molecule has 0 aliphatic carbocycles. The van der Waals surface area contributed by atoms with Crippen LogP contribution < -0.4 is 4.72 Å². The summed E-state index contributed by atoms with van der Waals surface area (Å²) in [6.45, 7) is 1.42. The third-order valence-corrected chi connectivity index (χ3v) is 9.24. The molecule has 1 aromatic heterocycles. The Kier molecular flexibility index (Phi) is 9.49. The van der Waals surface area contributed by atoms with Gasteiger partial charge in [-0.1, -0.05) is 78.3 Å². The van der Waals surface area contributed by atoms with Crippen molar-refractivity contribution in [1.82, 2.24) is 14.2 Å². The highest BCUT2D eigenvalue weighted by atomic mass is 35.5. The van der Waals surface area contributed by atoms with E-state index in [1.165, 1.54) is 5.56 Å². The van der Waals surface area contributed by atoms with Crippen molar-refractivity contribution in [2.75, 3.05) is 18.8 Å². The van der Waals surface area contributed by atoms with Crippen molar-refractivity contribution in [2.24, 2.45) is 5.92 Å². The number of aryl methyl sites for hydroxylation is 2. The summed E-state index contributed by atoms with van der Waals surface area (Å²) in [6.07, 6.45) is 2.38. The summed E-state index contributed by atoms with van der Waals surface area (Å²) in [7, 11) is -3.99. The van der Waals surface area contributed by atoms with Gasteiger partial charge in [-0.15, -0.1) is 0 Å². The van der Waals surface area contributed by atoms with Gasteiger partial charge < -0.3 is 14.2 Å². The van der Waals surface area contributed by atoms with E-state index in [1.54, 1.807) is 17.0 Å². The van der Waals surface area contributed by atoms with Crippen molar-refractivity contribution < 1.29 is 22.7 Å². The fourth-order valence-corrected chi connectivity index (χ4v) is 7.07. The van der Waals surface area contributed by atoms with Crippen LogP contribution in [0, 0.1) is 5.92 Å². The molecule has 2 amide bonds. The van der Waals surface area contributed by atoms with Gasteiger partial charge in [0, 0.05) is 30.0 Å². The number of rotatable bonds is 10. The molecule has 0 bridgehead atoms. The number of aromatic nitrogens is 1. The number of sulfonamides is 1. The first kappa shape index (κ1) is 29.7. The fourth-order valence-electron chi connectivity index (χ4n) is 5.49. The fraction of sp³-hybridized carbons (Fsp3) is 0.312. The molecular weight excluding hydrogens is 574 g/mol. The minimum Gasteiger partial charge on any atom is -0.445 e. The Morgan fingerprint density at radius 3 is 2.40 bits per heavy atom. The molecule has 1 fully saturated rings. The maximum Gasteiger partial charge on any atom is 0.410 e. The third kappa shape index (κ3) is 7.52. The molecule has 1 N–H and O–H groups in total. The van der Waals surface area contributed by atoms with Crippen molar-refractivity contribution in [3.05, 3.63) is 107 Å². The van der Waals surface area contributed by atoms with Gasteiger partial charge in [-0.05, 0) is 60.9 Å². The van der Waals surface area contributed by atoms with Crippen LogP contribution >= 0.6 is 11.6 Å². The van der Waals surface area contributed by atoms with Crippen LogP contribution in [0.15, 0.2) is 84.9 Å². The van der Waals surface area contributed by atoms with Gasteiger partial charge in [0.25, 0.3) is 5.91 Å². The number of benzene rings is 3. The molecule has 1 atom stereocenters. The maximum atomic E-state index is 13.4. The van der Waals surface area contributed by atoms with E-state index in [-0.39, 0.29) is 30.5 Å². The Morgan fingerprint density at radius 1 is 0.952 bits per heavy atom. The van der Waals surface area contributed by atoms with Gasteiger partial charge in [0.1, 0.15) is 12.3 Å². The monoisotopic (exact) mass is 607 g/mol. The van der Waals surface area contributed by atoms with Crippen LogP contribution in [0.4, 0.5) is 4.79 Å². The number of hydrogen-bond acceptors (Lipinski definition) is 5. The van der Waals surface area contributed by atoms with Crippen molar-refractivity contribution in [1.29, 1.82) is 0 Å². The number of nitrogens with zero attached hydrogens (tertiary/aromatic N) is 2. The highest BCUT2D eigenvalue weighted by Gasteiger charge is 2.30. The number of carbonyl (C=O) groups excluding carboxylic acids is 2. The van der Waals surface area contributed by atoms with Crippen molar-refractivity contribution in [3.8, 4) is 0 Å². The molecule has 42 heavy (non-hydrogen) atoms. The van der Waals surface area contributed by atoms with E-state index in [2.05, 4.69) is 16.9 Å². The Bertz CT molecular complexity index is 1640. The number of ether oxygens (including phenoxy) is 1. The second kappa shape index (κ2) is 13.4. The number of likely N-dealkylation sites (tertiary alicyclic amines) is 1. The van der Waals surface area contributed by atoms with Crippen LogP contribution in [0.2, 0.25) is 5.02 Å². The minimum atomic E-state index is -3.99. The molecule has 3 aromatic carbocycles. The van der Waals surface area contributed by atoms with Crippen molar-refractivity contribution in [2.45, 2.75) is 38.8 Å². The largest absolute Gasteiger partial charge is 0.445 e. The Balaban J connectivity index is 1.23. The summed E-state index contributed by atoms with van der Waals surface area (Å²) in [4.78, 5) is 27.6. The lowest BCUT2D eigenvalue weighted by Gasteiger charge is -2.31. The Hall–Kier alpha value is -3.82. The number of fused-ring (bicyclic) bond motifs is 1. The molecule has 2 heterocycles. The number of nitrogens with one attached hydrogen (secondary N) is 1. The summed E-state index contributed by atoms with van der Waals surface area (Å²) in [5, 5.41) is 1.19. The first-order valence-electron chi connectivity index (χ1n) is 14.1. The number of piperidine rings is 1. The summed E-state index contributed by atoms with van der Waals surface area (Å²) in [5.41, 5.74) is 3.08. The lowest BCUT2D eigenvalue weighted by molar-refractivity contribution is 0.0811. The summed E-state index contributed by atoms with van der Waals surface area (Å²) in [6, 6.07) is 26.5. The zero-order chi connectivity index (χ0) is 29.5. The molecule has 5 rings (SSSR count). The highest BCUT2D eigenvalue weighted by molar-refractivity contribution is 7.90. The number of halogens is 1. The topological polar surface area (TPSA) is 97.7 Å². The maximum absolute atomic E-state index is 13.4. The molecule has 220 valence electrons. The van der Waals surface area contributed by atoms with E-state index in [0.717, 1.165) is 23.9 Å². The van der Waals surface area contributed by atoms with Crippen LogP contribution in [-0.2, 0) is 34.3 Å². The van der Waals surface area contributed by atoms with Crippen LogP contribution in [-0.4, -0.2) is 48.7 Å². The molecule has 0 spiro atoms. The SMILES string of the molecule is O=C(NS(=O)(=O)C[C@@H]1CCCN(C(=O)OCc2ccccc2)C1)c1cc2c(Cl)cccc2n1CCCc1ccccc1. The molecule has 4 aromatic rings. The van der Waals surface area contributed by atoms with Gasteiger partial charge in [-0.2, -0.15) is 0 Å². The Morgan fingerprint density at radius 2 is 1.67 bits per heavy atom. The number of amides is 2. The van der Waals surface area contributed by atoms with Crippen molar-refractivity contribution in [3.63, 3.8) is 0 Å². The first-order chi connectivity index (χ1) is 20.3. The van der Waals surface area contributed by atoms with Crippen LogP contribution in [0.5, 0.6) is 0 Å². The Labute approximate surface area is 251 Å². The summed E-state index contributed by atoms with van der Waals surface area (Å²) >= 11 is 6.43. The molecule has 0 saturated carbocycles. The normalized spacial score (nSPS) is 15.5. The quantitative estimate of drug-likeness (QED) is 0.237. The molecule has 0 unspecified atom stereocenters. The average Bonchev–Trinajstić information content (AvgIpc) is 3.37. The predicted octanol–water partition coefficient (Wildman–Crippen LogP) is 6.04. The van der Waals surface area contributed by atoms with E-state index in [9.17, 15) is 18.0 Å². The van der Waals surface area contributed by atoms with E-state index in [4.69, 9.17) is 16.3 Å². The molecular formula is C32H34ClN3O5S. The van der Waals surface area contributed by atoms with Crippen LogP contribution in [0.3, 0.4) is 0 Å². The predicted molar refractivity (Wildman–Crippen MR) is 164 cm³/mol. The van der Waals surface area contributed by atoms with E-state index < -0.39 is 22.0 Å². The van der Waals surface area contributed by atoms with Gasteiger partial charge in [0.15, 0.2) is 0 Å². The lowest BCUT2D eigenvalue weighted by atomic mass is 10.0. The van der Waals surface area contributed by atoms with Gasteiger partial charge in [-0.25, -0.2) is 17.9 Å². The zero-order valence-electron chi connectivity index (χ0n) is 23.2. The zero-order valence-corrected chi connectivity index (χ0v) is 24.8. The first-order valence-corrected chi connectivity index (χ1v) is 16.1. The van der Waals surface area contributed by atoms with Gasteiger partial charge >= 0.3 is 6.09 Å². The van der Waals surface area contributed by atoms with E-state index in [1.807, 2.05) is 65.2 Å². The van der Waals surface area contributed by atoms with Crippen LogP contribution in [0.25, 0.3) is 10.9 Å². The molecule has 1 aliphatic heterocycles. The lowest BCUT2D eigenvalue weighted by Crippen LogP contribution is -2.44. The summed E-state index contributed by atoms with van der Waals surface area (Å²) < 4.78 is 35.9. The molecule has 1 saturated heterocycles. The second-order valence-electron chi connectivity index (χ2n) is 10.7. The molecule has 1 aliphatic rings. The smallest absolute Gasteiger partial charge is 0.410 e. The average molecular weight is 608 g/mol. The van der Waals surface area contributed by atoms with Gasteiger partial charge in [-0.3, -0.25) is 4.79 Å². The molecule has 0 radical (unpaired) electrons. The van der Waals surface area contributed by atoms with Gasteiger partial charge in [0.2, 0.25) is 10.0 Å². The standard InChI is InChI=1S/C32H34ClN3O5S/c33-28-16-7-17-29-27(28)20-30(36(29)19-9-14-24-10-3-1-4-11-24)31(37)34-42(39,40)23-26-15-8-18-35(21-26)32(38)41-22-25-12-5-2-6-13-25/h1-7,10-13,16-17,20,26H,8-9,14-15,18-19,21-23H2,(H,34,37)/t26-/m1/s1. The van der Waals surface area contributed by atoms with E-state index >= 15 is 0 Å². The highest BCUT2D eigenvalue weighted by Crippen LogP contribution is 2.28. The van der Waals surface area contributed by atoms with E-state index in [0.29, 0.717) is 36.3 Å². The summed E-state index contributed by atoms with van der Waals surface area (Å²) in [5.74, 6) is -1.28. The molecule has 8 nitrogen and oxygen atoms in total. The van der Waals surface area contributed by atoms with Gasteiger partial charge in [0.05, 0.1) is 11.3 Å². The third-order valence-electron chi connectivity index (χ3n) is 7.50. The van der Waals surface area contributed by atoms with Crippen molar-refractivity contribution >= 4 is 44.5 Å². The minimum absolute atomic E-state index is 0.151.